The van der Waals surface area contributed by atoms with Crippen molar-refractivity contribution in [1.29, 1.82) is 0 Å². The van der Waals surface area contributed by atoms with E-state index < -0.39 is 6.04 Å². The fraction of sp³-hybridized carbons (Fsp3) is 0.261. The van der Waals surface area contributed by atoms with E-state index in [1.807, 2.05) is 70.2 Å². The number of allylic oxidation sites excluding steroid dienone is 1. The molecule has 0 aliphatic carbocycles. The number of hydrogen-bond acceptors (Lipinski definition) is 5. The predicted octanol–water partition coefficient (Wildman–Crippen LogP) is 4.22. The quantitative estimate of drug-likeness (QED) is 0.667. The van der Waals surface area contributed by atoms with Crippen molar-refractivity contribution < 1.29 is 9.53 Å². The van der Waals surface area contributed by atoms with Gasteiger partial charge in [0.15, 0.2) is 0 Å². The number of carbonyl (C=O) groups excluding carboxylic acids is 1. The normalized spacial score (nSPS) is 15.4. The van der Waals surface area contributed by atoms with Crippen LogP contribution in [0.15, 0.2) is 60.1 Å². The molecule has 0 saturated carbocycles. The first-order valence-corrected chi connectivity index (χ1v) is 9.97. The third kappa shape index (κ3) is 3.54. The van der Waals surface area contributed by atoms with Crippen molar-refractivity contribution >= 4 is 17.5 Å². The number of rotatable bonds is 5. The highest BCUT2D eigenvalue weighted by Gasteiger charge is 2.35. The fourth-order valence-corrected chi connectivity index (χ4v) is 3.81. The van der Waals surface area contributed by atoms with E-state index >= 15 is 0 Å². The lowest BCUT2D eigenvalue weighted by molar-refractivity contribution is -0.113. The maximum absolute atomic E-state index is 13.5. The molecule has 2 heterocycles. The summed E-state index contributed by atoms with van der Waals surface area (Å²) in [5.74, 6) is 1.12. The smallest absolute Gasteiger partial charge is 0.255 e. The van der Waals surface area contributed by atoms with Crippen molar-refractivity contribution in [3.8, 4) is 5.75 Å². The molecule has 1 amide bonds. The average Bonchev–Trinajstić information content (AvgIpc) is 3.18. The molecule has 3 aromatic rings. The van der Waals surface area contributed by atoms with Crippen molar-refractivity contribution in [2.75, 3.05) is 17.2 Å². The molecule has 4 rings (SSSR count). The van der Waals surface area contributed by atoms with E-state index in [1.165, 1.54) is 6.33 Å². The molecule has 2 N–H and O–H groups in total. The first-order chi connectivity index (χ1) is 14.5. The standard InChI is InChI=1S/C23H25N5O2/c1-5-30-19-9-7-6-8-17(19)21-20(16(4)26-23-24-13-25-28(21)23)22(29)27-18-11-10-14(2)12-15(18)3/h6-13,21H,5H2,1-4H3,(H,27,29)(H,24,25,26). The summed E-state index contributed by atoms with van der Waals surface area (Å²) in [4.78, 5) is 17.8. The Bertz CT molecular complexity index is 1130. The number of aryl methyl sites for hydroxylation is 2. The molecule has 0 saturated heterocycles. The summed E-state index contributed by atoms with van der Waals surface area (Å²) >= 11 is 0. The van der Waals surface area contributed by atoms with Gasteiger partial charge in [0.2, 0.25) is 5.95 Å². The van der Waals surface area contributed by atoms with Crippen LogP contribution in [0.1, 0.15) is 36.6 Å². The summed E-state index contributed by atoms with van der Waals surface area (Å²) in [6.45, 7) is 8.36. The molecular weight excluding hydrogens is 378 g/mol. The van der Waals surface area contributed by atoms with Crippen molar-refractivity contribution in [1.82, 2.24) is 14.8 Å². The van der Waals surface area contributed by atoms with Crippen LogP contribution < -0.4 is 15.4 Å². The van der Waals surface area contributed by atoms with Gasteiger partial charge in [0.25, 0.3) is 5.91 Å². The van der Waals surface area contributed by atoms with E-state index in [1.54, 1.807) is 4.68 Å². The predicted molar refractivity (Wildman–Crippen MR) is 117 cm³/mol. The summed E-state index contributed by atoms with van der Waals surface area (Å²) in [6.07, 6.45) is 1.48. The van der Waals surface area contributed by atoms with Gasteiger partial charge < -0.3 is 15.4 Å². The van der Waals surface area contributed by atoms with Crippen LogP contribution in [-0.4, -0.2) is 27.3 Å². The molecule has 30 heavy (non-hydrogen) atoms. The lowest BCUT2D eigenvalue weighted by Crippen LogP contribution is -2.32. The molecule has 1 atom stereocenters. The Morgan fingerprint density at radius 2 is 2.00 bits per heavy atom. The van der Waals surface area contributed by atoms with Gasteiger partial charge in [0.05, 0.1) is 12.2 Å². The zero-order chi connectivity index (χ0) is 21.3. The van der Waals surface area contributed by atoms with E-state index in [-0.39, 0.29) is 5.91 Å². The molecule has 7 nitrogen and oxygen atoms in total. The summed E-state index contributed by atoms with van der Waals surface area (Å²) in [6, 6.07) is 13.2. The van der Waals surface area contributed by atoms with Gasteiger partial charge in [-0.3, -0.25) is 4.79 Å². The van der Waals surface area contributed by atoms with Gasteiger partial charge in [-0.1, -0.05) is 35.9 Å². The third-order valence-corrected chi connectivity index (χ3v) is 5.18. The van der Waals surface area contributed by atoms with Crippen molar-refractivity contribution in [2.24, 2.45) is 0 Å². The molecule has 0 bridgehead atoms. The van der Waals surface area contributed by atoms with Crippen LogP contribution in [0, 0.1) is 13.8 Å². The van der Waals surface area contributed by atoms with Crippen LogP contribution in [0.25, 0.3) is 0 Å². The molecule has 0 radical (unpaired) electrons. The highest BCUT2D eigenvalue weighted by Crippen LogP contribution is 2.39. The first kappa shape index (κ1) is 19.7. The van der Waals surface area contributed by atoms with Gasteiger partial charge in [-0.05, 0) is 45.4 Å². The topological polar surface area (TPSA) is 81.1 Å². The lowest BCUT2D eigenvalue weighted by Gasteiger charge is -2.29. The maximum atomic E-state index is 13.5. The molecule has 0 fully saturated rings. The van der Waals surface area contributed by atoms with Gasteiger partial charge in [-0.15, -0.1) is 0 Å². The summed E-state index contributed by atoms with van der Waals surface area (Å²) < 4.78 is 7.58. The van der Waals surface area contributed by atoms with E-state index in [9.17, 15) is 4.79 Å². The number of hydrogen-bond donors (Lipinski definition) is 2. The number of aromatic nitrogens is 3. The van der Waals surface area contributed by atoms with Crippen LogP contribution in [-0.2, 0) is 4.79 Å². The summed E-state index contributed by atoms with van der Waals surface area (Å²) in [7, 11) is 0. The number of nitrogens with one attached hydrogen (secondary N) is 2. The van der Waals surface area contributed by atoms with E-state index in [2.05, 4.69) is 20.7 Å². The minimum Gasteiger partial charge on any atom is -0.494 e. The lowest BCUT2D eigenvalue weighted by atomic mass is 9.94. The average molecular weight is 403 g/mol. The highest BCUT2D eigenvalue weighted by molar-refractivity contribution is 6.06. The number of nitrogens with zero attached hydrogens (tertiary/aromatic N) is 3. The molecule has 154 valence electrons. The van der Waals surface area contributed by atoms with Gasteiger partial charge >= 0.3 is 0 Å². The van der Waals surface area contributed by atoms with Crippen molar-refractivity contribution in [2.45, 2.75) is 33.7 Å². The van der Waals surface area contributed by atoms with Gasteiger partial charge in [-0.25, -0.2) is 4.68 Å². The first-order valence-electron chi connectivity index (χ1n) is 9.97. The van der Waals surface area contributed by atoms with Crippen LogP contribution in [0.4, 0.5) is 11.6 Å². The molecule has 1 aliphatic rings. The maximum Gasteiger partial charge on any atom is 0.255 e. The minimum absolute atomic E-state index is 0.190. The molecule has 1 unspecified atom stereocenters. The second-order valence-electron chi connectivity index (χ2n) is 7.34. The van der Waals surface area contributed by atoms with Crippen LogP contribution >= 0.6 is 0 Å². The second kappa shape index (κ2) is 8.02. The molecular formula is C23H25N5O2. The van der Waals surface area contributed by atoms with Crippen LogP contribution in [0.5, 0.6) is 5.75 Å². The zero-order valence-corrected chi connectivity index (χ0v) is 17.6. The Balaban J connectivity index is 1.79. The molecule has 7 heteroatoms. The van der Waals surface area contributed by atoms with Crippen LogP contribution in [0.2, 0.25) is 0 Å². The second-order valence-corrected chi connectivity index (χ2v) is 7.34. The SMILES string of the molecule is CCOc1ccccc1C1C(C(=O)Nc2ccc(C)cc2C)=C(C)Nc2ncnn21. The number of para-hydroxylation sites is 1. The van der Waals surface area contributed by atoms with Crippen LogP contribution in [0.3, 0.4) is 0 Å². The summed E-state index contributed by atoms with van der Waals surface area (Å²) in [5.41, 5.74) is 5.10. The van der Waals surface area contributed by atoms with E-state index in [0.717, 1.165) is 33.8 Å². The third-order valence-electron chi connectivity index (χ3n) is 5.18. The number of amides is 1. The Kier molecular flexibility index (Phi) is 5.27. The van der Waals surface area contributed by atoms with Crippen molar-refractivity contribution in [3.05, 3.63) is 76.8 Å². The number of anilines is 2. The number of ether oxygens (including phenoxy) is 1. The highest BCUT2D eigenvalue weighted by atomic mass is 16.5. The minimum atomic E-state index is -0.461. The number of benzene rings is 2. The van der Waals surface area contributed by atoms with Gasteiger partial charge in [0, 0.05) is 16.9 Å². The number of fused-ring (bicyclic) bond motifs is 1. The largest absolute Gasteiger partial charge is 0.494 e. The van der Waals surface area contributed by atoms with Gasteiger partial charge in [-0.2, -0.15) is 10.1 Å². The Hall–Kier alpha value is -3.61. The fourth-order valence-electron chi connectivity index (χ4n) is 3.81. The molecule has 0 spiro atoms. The monoisotopic (exact) mass is 403 g/mol. The Labute approximate surface area is 175 Å². The Morgan fingerprint density at radius 3 is 2.77 bits per heavy atom. The molecule has 1 aromatic heterocycles. The summed E-state index contributed by atoms with van der Waals surface area (Å²) in [5, 5.41) is 10.7. The zero-order valence-electron chi connectivity index (χ0n) is 17.6. The number of carbonyl (C=O) groups is 1. The Morgan fingerprint density at radius 1 is 1.20 bits per heavy atom. The van der Waals surface area contributed by atoms with Gasteiger partial charge in [0.1, 0.15) is 18.1 Å². The molecule has 1 aliphatic heterocycles. The van der Waals surface area contributed by atoms with E-state index in [0.29, 0.717) is 18.1 Å². The van der Waals surface area contributed by atoms with Crippen molar-refractivity contribution in [3.63, 3.8) is 0 Å². The molecule has 2 aromatic carbocycles. The van der Waals surface area contributed by atoms with E-state index in [4.69, 9.17) is 4.74 Å².